The molecule has 1 aromatic carbocycles. The van der Waals surface area contributed by atoms with Crippen LogP contribution in [0.15, 0.2) is 18.2 Å². The summed E-state index contributed by atoms with van der Waals surface area (Å²) in [5.74, 6) is -1.92. The molecule has 0 saturated heterocycles. The van der Waals surface area contributed by atoms with E-state index in [1.54, 1.807) is 20.8 Å². The third-order valence-corrected chi connectivity index (χ3v) is 2.38. The van der Waals surface area contributed by atoms with Crippen molar-refractivity contribution in [1.29, 1.82) is 0 Å². The van der Waals surface area contributed by atoms with Crippen LogP contribution in [0.2, 0.25) is 0 Å². The van der Waals surface area contributed by atoms with Gasteiger partial charge < -0.3 is 14.7 Å². The van der Waals surface area contributed by atoms with Gasteiger partial charge in [0, 0.05) is 13.1 Å². The molecular formula is C14H19F2NO3. The van der Waals surface area contributed by atoms with Crippen molar-refractivity contribution in [3.8, 4) is 0 Å². The second-order valence-corrected chi connectivity index (χ2v) is 5.37. The van der Waals surface area contributed by atoms with Gasteiger partial charge in [0.15, 0.2) is 11.6 Å². The first-order valence-electron chi connectivity index (χ1n) is 6.25. The molecule has 0 aromatic heterocycles. The van der Waals surface area contributed by atoms with Crippen molar-refractivity contribution in [3.63, 3.8) is 0 Å². The molecule has 112 valence electrons. The molecule has 0 bridgehead atoms. The highest BCUT2D eigenvalue weighted by Gasteiger charge is 2.22. The summed E-state index contributed by atoms with van der Waals surface area (Å²) in [6, 6.07) is 3.40. The van der Waals surface area contributed by atoms with Crippen LogP contribution >= 0.6 is 0 Å². The van der Waals surface area contributed by atoms with E-state index in [4.69, 9.17) is 9.84 Å². The summed E-state index contributed by atoms with van der Waals surface area (Å²) in [7, 11) is 0. The largest absolute Gasteiger partial charge is 0.444 e. The Morgan fingerprint density at radius 2 is 1.95 bits per heavy atom. The maximum absolute atomic E-state index is 13.1. The van der Waals surface area contributed by atoms with Crippen LogP contribution in [-0.2, 0) is 11.3 Å². The van der Waals surface area contributed by atoms with Gasteiger partial charge in [-0.15, -0.1) is 0 Å². The van der Waals surface area contributed by atoms with E-state index >= 15 is 0 Å². The third-order valence-electron chi connectivity index (χ3n) is 2.38. The molecule has 1 amide bonds. The minimum Gasteiger partial charge on any atom is -0.444 e. The van der Waals surface area contributed by atoms with Crippen molar-refractivity contribution >= 4 is 6.09 Å². The van der Waals surface area contributed by atoms with Crippen molar-refractivity contribution in [2.24, 2.45) is 0 Å². The molecule has 0 atom stereocenters. The Balaban J connectivity index is 2.80. The lowest BCUT2D eigenvalue weighted by atomic mass is 10.2. The Kier molecular flexibility index (Phi) is 5.44. The summed E-state index contributed by atoms with van der Waals surface area (Å²) >= 11 is 0. The van der Waals surface area contributed by atoms with Gasteiger partial charge in [-0.05, 0) is 38.5 Å². The molecule has 0 unspecified atom stereocenters. The molecule has 0 heterocycles. The van der Waals surface area contributed by atoms with Gasteiger partial charge in [-0.1, -0.05) is 6.07 Å². The zero-order valence-corrected chi connectivity index (χ0v) is 11.8. The van der Waals surface area contributed by atoms with Crippen LogP contribution in [0.25, 0.3) is 0 Å². The fourth-order valence-electron chi connectivity index (χ4n) is 1.54. The SMILES string of the molecule is CC(C)(C)OC(=O)N(CCO)Cc1ccc(F)c(F)c1. The first-order valence-corrected chi connectivity index (χ1v) is 6.25. The predicted octanol–water partition coefficient (Wildman–Crippen LogP) is 2.69. The molecule has 4 nitrogen and oxygen atoms in total. The average Bonchev–Trinajstić information content (AvgIpc) is 2.31. The molecule has 0 aliphatic heterocycles. The smallest absolute Gasteiger partial charge is 0.410 e. The number of aliphatic hydroxyl groups is 1. The zero-order chi connectivity index (χ0) is 15.3. The van der Waals surface area contributed by atoms with Crippen molar-refractivity contribution in [3.05, 3.63) is 35.4 Å². The first-order chi connectivity index (χ1) is 9.23. The summed E-state index contributed by atoms with van der Waals surface area (Å²) < 4.78 is 31.2. The lowest BCUT2D eigenvalue weighted by Gasteiger charge is -2.27. The van der Waals surface area contributed by atoms with E-state index in [1.165, 1.54) is 11.0 Å². The number of nitrogens with zero attached hydrogens (tertiary/aromatic N) is 1. The standard InChI is InChI=1S/C14H19F2NO3/c1-14(2,3)20-13(19)17(6-7-18)9-10-4-5-11(15)12(16)8-10/h4-5,8,18H,6-7,9H2,1-3H3. The average molecular weight is 287 g/mol. The number of hydrogen-bond acceptors (Lipinski definition) is 3. The Morgan fingerprint density at radius 3 is 2.45 bits per heavy atom. The number of aliphatic hydroxyl groups excluding tert-OH is 1. The summed E-state index contributed by atoms with van der Waals surface area (Å²) in [5.41, 5.74) is -0.248. The number of hydrogen-bond donors (Lipinski definition) is 1. The van der Waals surface area contributed by atoms with Crippen LogP contribution in [0.5, 0.6) is 0 Å². The van der Waals surface area contributed by atoms with Crippen molar-refractivity contribution in [1.82, 2.24) is 4.90 Å². The molecule has 20 heavy (non-hydrogen) atoms. The topological polar surface area (TPSA) is 49.8 Å². The molecule has 0 fully saturated rings. The van der Waals surface area contributed by atoms with Crippen molar-refractivity contribution in [2.75, 3.05) is 13.2 Å². The van der Waals surface area contributed by atoms with Crippen molar-refractivity contribution in [2.45, 2.75) is 32.9 Å². The monoisotopic (exact) mass is 287 g/mol. The number of halogens is 2. The number of amides is 1. The fraction of sp³-hybridized carbons (Fsp3) is 0.500. The van der Waals surface area contributed by atoms with Gasteiger partial charge in [0.2, 0.25) is 0 Å². The van der Waals surface area contributed by atoms with E-state index in [-0.39, 0.29) is 19.7 Å². The number of carbonyl (C=O) groups is 1. The first kappa shape index (κ1) is 16.4. The summed E-state index contributed by atoms with van der Waals surface area (Å²) in [6.45, 7) is 5.00. The second kappa shape index (κ2) is 6.65. The predicted molar refractivity (Wildman–Crippen MR) is 70.1 cm³/mol. The Bertz CT molecular complexity index is 472. The summed E-state index contributed by atoms with van der Waals surface area (Å²) in [4.78, 5) is 13.2. The van der Waals surface area contributed by atoms with E-state index in [0.717, 1.165) is 12.1 Å². The minimum absolute atomic E-state index is 0.0344. The molecule has 0 saturated carbocycles. The highest BCUT2D eigenvalue weighted by molar-refractivity contribution is 5.68. The number of ether oxygens (including phenoxy) is 1. The van der Waals surface area contributed by atoms with Crippen LogP contribution in [0.4, 0.5) is 13.6 Å². The maximum atomic E-state index is 13.1. The molecule has 0 spiro atoms. The quantitative estimate of drug-likeness (QED) is 0.926. The summed E-state index contributed by atoms with van der Waals surface area (Å²) in [6.07, 6.45) is -0.615. The van der Waals surface area contributed by atoms with Crippen LogP contribution < -0.4 is 0 Å². The normalized spacial score (nSPS) is 11.3. The molecule has 1 N–H and O–H groups in total. The molecule has 0 aliphatic carbocycles. The van der Waals surface area contributed by atoms with Crippen LogP contribution in [0, 0.1) is 11.6 Å². The van der Waals surface area contributed by atoms with Gasteiger partial charge in [0.25, 0.3) is 0 Å². The molecule has 0 aliphatic rings. The molecule has 0 radical (unpaired) electrons. The number of benzene rings is 1. The van der Waals surface area contributed by atoms with Gasteiger partial charge in [-0.2, -0.15) is 0 Å². The fourth-order valence-corrected chi connectivity index (χ4v) is 1.54. The van der Waals surface area contributed by atoms with Crippen LogP contribution in [0.1, 0.15) is 26.3 Å². The zero-order valence-electron chi connectivity index (χ0n) is 11.8. The Labute approximate surface area is 117 Å². The highest BCUT2D eigenvalue weighted by atomic mass is 19.2. The van der Waals surface area contributed by atoms with Gasteiger partial charge in [0.05, 0.1) is 6.61 Å². The molecule has 1 rings (SSSR count). The van der Waals surface area contributed by atoms with Gasteiger partial charge in [-0.3, -0.25) is 0 Å². The maximum Gasteiger partial charge on any atom is 0.410 e. The second-order valence-electron chi connectivity index (χ2n) is 5.37. The van der Waals surface area contributed by atoms with E-state index in [0.29, 0.717) is 5.56 Å². The van der Waals surface area contributed by atoms with Gasteiger partial charge in [0.1, 0.15) is 5.60 Å². The molecule has 1 aromatic rings. The van der Waals surface area contributed by atoms with Gasteiger partial charge in [-0.25, -0.2) is 13.6 Å². The van der Waals surface area contributed by atoms with Crippen LogP contribution in [0.3, 0.4) is 0 Å². The summed E-state index contributed by atoms with van der Waals surface area (Å²) in [5, 5.41) is 8.98. The van der Waals surface area contributed by atoms with Crippen LogP contribution in [-0.4, -0.2) is 34.9 Å². The minimum atomic E-state index is -0.976. The number of rotatable bonds is 4. The Hall–Kier alpha value is -1.69. The van der Waals surface area contributed by atoms with E-state index in [2.05, 4.69) is 0 Å². The highest BCUT2D eigenvalue weighted by Crippen LogP contribution is 2.14. The third kappa shape index (κ3) is 5.13. The van der Waals surface area contributed by atoms with E-state index in [1.807, 2.05) is 0 Å². The van der Waals surface area contributed by atoms with E-state index in [9.17, 15) is 13.6 Å². The van der Waals surface area contributed by atoms with E-state index < -0.39 is 23.3 Å². The number of carbonyl (C=O) groups excluding carboxylic acids is 1. The van der Waals surface area contributed by atoms with Gasteiger partial charge >= 0.3 is 6.09 Å². The lowest BCUT2D eigenvalue weighted by Crippen LogP contribution is -2.38. The van der Waals surface area contributed by atoms with Crippen molar-refractivity contribution < 1.29 is 23.4 Å². The molecule has 6 heteroatoms. The Morgan fingerprint density at radius 1 is 1.30 bits per heavy atom. The molecular weight excluding hydrogens is 268 g/mol. The lowest BCUT2D eigenvalue weighted by molar-refractivity contribution is 0.0201.